The Labute approximate surface area is 98.1 Å². The van der Waals surface area contributed by atoms with Crippen LogP contribution in [0.5, 0.6) is 0 Å². The first-order valence-corrected chi connectivity index (χ1v) is 6.02. The number of likely N-dealkylation sites (N-methyl/N-ethyl adjacent to an activating group) is 1. The van der Waals surface area contributed by atoms with Crippen molar-refractivity contribution in [2.75, 3.05) is 13.6 Å². The summed E-state index contributed by atoms with van der Waals surface area (Å²) < 4.78 is 24.5. The maximum atomic E-state index is 11.8. The number of nitrogens with two attached hydrogens (primary N) is 1. The molecule has 0 bridgehead atoms. The molecule has 0 radical (unpaired) electrons. The van der Waals surface area contributed by atoms with Crippen molar-refractivity contribution in [3.05, 3.63) is 23.5 Å². The van der Waals surface area contributed by atoms with E-state index >= 15 is 0 Å². The Hall–Kier alpha value is -1.18. The number of rotatable bonds is 4. The van der Waals surface area contributed by atoms with Crippen molar-refractivity contribution in [2.45, 2.75) is 4.90 Å². The van der Waals surface area contributed by atoms with Gasteiger partial charge in [0.05, 0.1) is 6.54 Å². The maximum Gasteiger partial charge on any atom is 0.244 e. The zero-order valence-corrected chi connectivity index (χ0v) is 9.99. The average molecular weight is 264 g/mol. The first-order chi connectivity index (χ1) is 7.34. The molecule has 0 saturated heterocycles. The fraction of sp³-hybridized carbons (Fsp3) is 0.250. The lowest BCUT2D eigenvalue weighted by Gasteiger charge is -2.14. The van der Waals surface area contributed by atoms with E-state index in [9.17, 15) is 13.2 Å². The van der Waals surface area contributed by atoms with Gasteiger partial charge >= 0.3 is 0 Å². The third kappa shape index (κ3) is 2.91. The van der Waals surface area contributed by atoms with Gasteiger partial charge in [0.1, 0.15) is 10.0 Å². The van der Waals surface area contributed by atoms with Crippen molar-refractivity contribution in [2.24, 2.45) is 5.73 Å². The van der Waals surface area contributed by atoms with E-state index in [4.69, 9.17) is 17.3 Å². The molecule has 1 aromatic heterocycles. The van der Waals surface area contributed by atoms with Gasteiger partial charge in [0, 0.05) is 13.2 Å². The summed E-state index contributed by atoms with van der Waals surface area (Å²) in [7, 11) is -2.48. The molecule has 0 aliphatic rings. The van der Waals surface area contributed by atoms with Crippen LogP contribution in [0, 0.1) is 0 Å². The molecule has 1 aromatic rings. The minimum Gasteiger partial charge on any atom is -0.369 e. The molecule has 0 unspecified atom stereocenters. The second-order valence-electron chi connectivity index (χ2n) is 3.04. The number of primary amides is 1. The number of sulfonamides is 1. The quantitative estimate of drug-likeness (QED) is 0.764. The van der Waals surface area contributed by atoms with Crippen LogP contribution in [-0.4, -0.2) is 37.2 Å². The van der Waals surface area contributed by atoms with E-state index in [1.54, 1.807) is 0 Å². The second-order valence-corrected chi connectivity index (χ2v) is 5.48. The van der Waals surface area contributed by atoms with Crippen molar-refractivity contribution >= 4 is 27.5 Å². The Kier molecular flexibility index (Phi) is 3.84. The number of halogens is 1. The fourth-order valence-corrected chi connectivity index (χ4v) is 2.19. The average Bonchev–Trinajstić information content (AvgIpc) is 2.17. The molecule has 0 atom stereocenters. The number of hydrogen-bond donors (Lipinski definition) is 1. The number of carbonyl (C=O) groups excluding carboxylic acids is 1. The van der Waals surface area contributed by atoms with Crippen LogP contribution in [0.25, 0.3) is 0 Å². The van der Waals surface area contributed by atoms with Gasteiger partial charge in [-0.15, -0.1) is 0 Å². The molecule has 0 aliphatic heterocycles. The van der Waals surface area contributed by atoms with Crippen LogP contribution in [-0.2, 0) is 14.8 Å². The van der Waals surface area contributed by atoms with Crippen molar-refractivity contribution in [1.82, 2.24) is 9.29 Å². The number of aromatic nitrogens is 1. The highest BCUT2D eigenvalue weighted by atomic mass is 35.5. The van der Waals surface area contributed by atoms with Gasteiger partial charge in [-0.1, -0.05) is 11.6 Å². The summed E-state index contributed by atoms with van der Waals surface area (Å²) in [5.41, 5.74) is 4.91. The highest BCUT2D eigenvalue weighted by Gasteiger charge is 2.22. The number of pyridine rings is 1. The van der Waals surface area contributed by atoms with Crippen LogP contribution in [0.2, 0.25) is 5.15 Å². The largest absolute Gasteiger partial charge is 0.369 e. The summed E-state index contributed by atoms with van der Waals surface area (Å²) in [4.78, 5) is 14.2. The molecule has 1 rings (SSSR count). The molecule has 16 heavy (non-hydrogen) atoms. The summed E-state index contributed by atoms with van der Waals surface area (Å²) >= 11 is 5.53. The first kappa shape index (κ1) is 12.9. The minimum absolute atomic E-state index is 0.0411. The topological polar surface area (TPSA) is 93.4 Å². The van der Waals surface area contributed by atoms with E-state index in [0.29, 0.717) is 0 Å². The van der Waals surface area contributed by atoms with Crippen molar-refractivity contribution in [3.63, 3.8) is 0 Å². The Bertz CT molecular complexity index is 486. The van der Waals surface area contributed by atoms with Gasteiger partial charge in [0.15, 0.2) is 0 Å². The molecule has 88 valence electrons. The lowest BCUT2D eigenvalue weighted by atomic mass is 10.5. The second kappa shape index (κ2) is 4.77. The predicted octanol–water partition coefficient (Wildman–Crippen LogP) is -0.159. The van der Waals surface area contributed by atoms with Gasteiger partial charge in [0.25, 0.3) is 0 Å². The number of hydrogen-bond acceptors (Lipinski definition) is 4. The lowest BCUT2D eigenvalue weighted by molar-refractivity contribution is -0.118. The smallest absolute Gasteiger partial charge is 0.244 e. The molecule has 0 saturated carbocycles. The minimum atomic E-state index is -3.74. The van der Waals surface area contributed by atoms with Crippen LogP contribution in [0.4, 0.5) is 0 Å². The first-order valence-electron chi connectivity index (χ1n) is 4.20. The summed E-state index contributed by atoms with van der Waals surface area (Å²) in [5.74, 6) is -0.729. The van der Waals surface area contributed by atoms with E-state index < -0.39 is 15.9 Å². The van der Waals surface area contributed by atoms with Gasteiger partial charge in [-0.2, -0.15) is 4.31 Å². The lowest BCUT2D eigenvalue weighted by Crippen LogP contribution is -2.35. The number of carbonyl (C=O) groups is 1. The maximum absolute atomic E-state index is 11.8. The standard InChI is InChI=1S/C8H10ClN3O3S/c1-12(5-8(10)13)16(14,15)6-2-3-7(9)11-4-6/h2-4H,5H2,1H3,(H2,10,13). The zero-order chi connectivity index (χ0) is 12.3. The monoisotopic (exact) mass is 263 g/mol. The van der Waals surface area contributed by atoms with Crippen LogP contribution >= 0.6 is 11.6 Å². The molecule has 6 nitrogen and oxygen atoms in total. The van der Waals surface area contributed by atoms with Gasteiger partial charge in [-0.05, 0) is 12.1 Å². The highest BCUT2D eigenvalue weighted by molar-refractivity contribution is 7.89. The normalized spacial score (nSPS) is 11.7. The summed E-state index contributed by atoms with van der Waals surface area (Å²) in [6, 6.07) is 2.66. The molecule has 8 heteroatoms. The molecule has 1 heterocycles. The molecular weight excluding hydrogens is 254 g/mol. The number of amides is 1. The Morgan fingerprint density at radius 3 is 2.62 bits per heavy atom. The zero-order valence-electron chi connectivity index (χ0n) is 8.42. The highest BCUT2D eigenvalue weighted by Crippen LogP contribution is 2.14. The van der Waals surface area contributed by atoms with Gasteiger partial charge in [-0.25, -0.2) is 13.4 Å². The molecule has 0 aliphatic carbocycles. The van der Waals surface area contributed by atoms with Gasteiger partial charge in [-0.3, -0.25) is 4.79 Å². The Balaban J connectivity index is 3.02. The fourth-order valence-electron chi connectivity index (χ4n) is 0.999. The van der Waals surface area contributed by atoms with Crippen molar-refractivity contribution in [1.29, 1.82) is 0 Å². The molecule has 2 N–H and O–H groups in total. The van der Waals surface area contributed by atoms with Crippen LogP contribution in [0.3, 0.4) is 0 Å². The van der Waals surface area contributed by atoms with E-state index in [-0.39, 0.29) is 16.6 Å². The van der Waals surface area contributed by atoms with E-state index in [0.717, 1.165) is 10.5 Å². The van der Waals surface area contributed by atoms with Crippen LogP contribution in [0.15, 0.2) is 23.2 Å². The number of nitrogens with zero attached hydrogens (tertiary/aromatic N) is 2. The molecule has 1 amide bonds. The predicted molar refractivity (Wildman–Crippen MR) is 58.3 cm³/mol. The van der Waals surface area contributed by atoms with Crippen LogP contribution in [0.1, 0.15) is 0 Å². The van der Waals surface area contributed by atoms with Gasteiger partial charge < -0.3 is 5.73 Å². The van der Waals surface area contributed by atoms with E-state index in [1.807, 2.05) is 0 Å². The molecule has 0 spiro atoms. The summed E-state index contributed by atoms with van der Waals surface area (Å²) in [5, 5.41) is 0.191. The third-order valence-corrected chi connectivity index (χ3v) is 3.80. The molecule has 0 aromatic carbocycles. The summed E-state index contributed by atoms with van der Waals surface area (Å²) in [6.07, 6.45) is 1.12. The van der Waals surface area contributed by atoms with E-state index in [2.05, 4.69) is 4.98 Å². The Morgan fingerprint density at radius 2 is 2.19 bits per heavy atom. The van der Waals surface area contributed by atoms with E-state index in [1.165, 1.54) is 19.2 Å². The van der Waals surface area contributed by atoms with Crippen LogP contribution < -0.4 is 5.73 Å². The molecular formula is C8H10ClN3O3S. The Morgan fingerprint density at radius 1 is 1.56 bits per heavy atom. The summed E-state index contributed by atoms with van der Waals surface area (Å²) in [6.45, 7) is -0.384. The van der Waals surface area contributed by atoms with Crippen molar-refractivity contribution in [3.8, 4) is 0 Å². The SMILES string of the molecule is CN(CC(N)=O)S(=O)(=O)c1ccc(Cl)nc1. The third-order valence-electron chi connectivity index (χ3n) is 1.79. The van der Waals surface area contributed by atoms with Gasteiger partial charge in [0.2, 0.25) is 15.9 Å². The molecule has 0 fully saturated rings. The van der Waals surface area contributed by atoms with Crippen molar-refractivity contribution < 1.29 is 13.2 Å².